The predicted molar refractivity (Wildman–Crippen MR) is 151 cm³/mol. The van der Waals surface area contributed by atoms with Crippen LogP contribution in [0.25, 0.3) is 0 Å². The average Bonchev–Trinajstić information content (AvgIpc) is 2.97. The van der Waals surface area contributed by atoms with Gasteiger partial charge in [0.1, 0.15) is 12.1 Å². The van der Waals surface area contributed by atoms with Crippen molar-refractivity contribution in [1.82, 2.24) is 0 Å². The summed E-state index contributed by atoms with van der Waals surface area (Å²) in [5, 5.41) is 17.1. The molecule has 0 amide bonds. The lowest BCUT2D eigenvalue weighted by Crippen LogP contribution is -2.31. The second-order valence-corrected chi connectivity index (χ2v) is 8.35. The molecule has 0 aliphatic heterocycles. The lowest BCUT2D eigenvalue weighted by atomic mass is 10.2. The summed E-state index contributed by atoms with van der Waals surface area (Å²) in [5.74, 6) is -2.03. The fourth-order valence-corrected chi connectivity index (χ4v) is 2.48. The Morgan fingerprint density at radius 3 is 0.810 bits per heavy atom. The number of rotatable bonds is 32. The lowest BCUT2D eigenvalue weighted by Gasteiger charge is -2.08. The Bertz CT molecular complexity index is 529. The molecule has 252 valence electrons. The van der Waals surface area contributed by atoms with Crippen LogP contribution in [0.15, 0.2) is 0 Å². The number of carbonyl (C=O) groups is 2. The van der Waals surface area contributed by atoms with Gasteiger partial charge in [0.2, 0.25) is 0 Å². The molecule has 0 radical (unpaired) electrons. The van der Waals surface area contributed by atoms with E-state index in [1.807, 2.05) is 0 Å². The Balaban J connectivity index is 0. The summed E-state index contributed by atoms with van der Waals surface area (Å²) in [5.41, 5.74) is 10.6. The lowest BCUT2D eigenvalue weighted by molar-refractivity contribution is -0.140. The van der Waals surface area contributed by atoms with E-state index in [1.165, 1.54) is 0 Å². The van der Waals surface area contributed by atoms with Gasteiger partial charge in [0, 0.05) is 27.4 Å². The van der Waals surface area contributed by atoms with Crippen molar-refractivity contribution < 1.29 is 67.2 Å². The quantitative estimate of drug-likeness (QED) is 0.0664. The minimum absolute atomic E-state index is 0.293. The van der Waals surface area contributed by atoms with Crippen LogP contribution in [0, 0.1) is 0 Å². The van der Waals surface area contributed by atoms with Crippen molar-refractivity contribution in [2.45, 2.75) is 24.9 Å². The standard InChI is InChI=1S/2C13H27NO7/c2*1-17-4-5-19-8-9-21-11-10-20-7-6-18-3-2-12(14)13(15)16/h2*12H,2-11,14H2,1H3,(H,15,16). The third-order valence-electron chi connectivity index (χ3n) is 4.88. The summed E-state index contributed by atoms with van der Waals surface area (Å²) in [4.78, 5) is 20.9. The van der Waals surface area contributed by atoms with Gasteiger partial charge in [-0.3, -0.25) is 9.59 Å². The fraction of sp³-hybridized carbons (Fsp3) is 0.923. The van der Waals surface area contributed by atoms with Crippen LogP contribution in [-0.2, 0) is 57.0 Å². The van der Waals surface area contributed by atoms with Crippen molar-refractivity contribution in [2.24, 2.45) is 11.5 Å². The van der Waals surface area contributed by atoms with Gasteiger partial charge >= 0.3 is 11.9 Å². The zero-order valence-corrected chi connectivity index (χ0v) is 25.2. The first-order valence-corrected chi connectivity index (χ1v) is 13.9. The molecule has 6 N–H and O–H groups in total. The Morgan fingerprint density at radius 1 is 0.429 bits per heavy atom. The summed E-state index contributed by atoms with van der Waals surface area (Å²) >= 11 is 0. The highest BCUT2D eigenvalue weighted by Crippen LogP contribution is 1.91. The molecular weight excluding hydrogens is 564 g/mol. The van der Waals surface area contributed by atoms with E-state index in [0.29, 0.717) is 132 Å². The first-order chi connectivity index (χ1) is 20.4. The van der Waals surface area contributed by atoms with Crippen molar-refractivity contribution in [3.05, 3.63) is 0 Å². The molecule has 0 fully saturated rings. The van der Waals surface area contributed by atoms with E-state index in [2.05, 4.69) is 0 Å². The highest BCUT2D eigenvalue weighted by atomic mass is 16.6. The van der Waals surface area contributed by atoms with Crippen LogP contribution in [0.4, 0.5) is 0 Å². The number of methoxy groups -OCH3 is 2. The second kappa shape index (κ2) is 35.7. The zero-order chi connectivity index (χ0) is 31.5. The summed E-state index contributed by atoms with van der Waals surface area (Å²) < 4.78 is 51.6. The van der Waals surface area contributed by atoms with Crippen LogP contribution in [0.3, 0.4) is 0 Å². The number of aliphatic carboxylic acids is 2. The number of ether oxygens (including phenoxy) is 10. The van der Waals surface area contributed by atoms with Gasteiger partial charge in [-0.05, 0) is 12.8 Å². The van der Waals surface area contributed by atoms with E-state index >= 15 is 0 Å². The van der Waals surface area contributed by atoms with Gasteiger partial charge in [0.25, 0.3) is 0 Å². The molecule has 0 aliphatic rings. The maximum absolute atomic E-state index is 10.4. The molecule has 0 rings (SSSR count). The van der Waals surface area contributed by atoms with Crippen LogP contribution >= 0.6 is 0 Å². The number of hydrogen-bond acceptors (Lipinski definition) is 14. The molecular formula is C26H54N2O14. The topological polar surface area (TPSA) is 219 Å². The first kappa shape index (κ1) is 42.6. The van der Waals surface area contributed by atoms with Crippen LogP contribution in [0.5, 0.6) is 0 Å². The number of carboxylic acids is 2. The Labute approximate surface area is 249 Å². The van der Waals surface area contributed by atoms with Gasteiger partial charge in [-0.2, -0.15) is 0 Å². The predicted octanol–water partition coefficient (Wildman–Crippen LogP) is -0.998. The highest BCUT2D eigenvalue weighted by molar-refractivity contribution is 5.73. The van der Waals surface area contributed by atoms with Crippen LogP contribution < -0.4 is 11.5 Å². The minimum Gasteiger partial charge on any atom is -0.480 e. The molecule has 16 heteroatoms. The molecule has 0 saturated carbocycles. The minimum atomic E-state index is -1.02. The van der Waals surface area contributed by atoms with Crippen molar-refractivity contribution in [3.8, 4) is 0 Å². The van der Waals surface area contributed by atoms with E-state index in [1.54, 1.807) is 14.2 Å². The normalized spacial score (nSPS) is 12.5. The molecule has 0 saturated heterocycles. The number of nitrogens with two attached hydrogens (primary N) is 2. The van der Waals surface area contributed by atoms with Gasteiger partial charge < -0.3 is 69.0 Å². The monoisotopic (exact) mass is 618 g/mol. The maximum atomic E-state index is 10.4. The largest absolute Gasteiger partial charge is 0.480 e. The summed E-state index contributed by atoms with van der Waals surface area (Å²) in [7, 11) is 3.25. The van der Waals surface area contributed by atoms with Crippen LogP contribution in [-0.4, -0.2) is 167 Å². The molecule has 16 nitrogen and oxygen atoms in total. The van der Waals surface area contributed by atoms with Crippen LogP contribution in [0.1, 0.15) is 12.8 Å². The molecule has 0 bridgehead atoms. The number of hydrogen-bond donors (Lipinski definition) is 4. The highest BCUT2D eigenvalue weighted by Gasteiger charge is 2.10. The summed E-state index contributed by atoms with van der Waals surface area (Å²) in [6.45, 7) is 8.71. The van der Waals surface area contributed by atoms with E-state index in [9.17, 15) is 9.59 Å². The van der Waals surface area contributed by atoms with Crippen molar-refractivity contribution >= 4 is 11.9 Å². The molecule has 0 spiro atoms. The molecule has 2 atom stereocenters. The summed E-state index contributed by atoms with van der Waals surface area (Å²) in [6.07, 6.45) is 0.586. The second-order valence-electron chi connectivity index (χ2n) is 8.35. The van der Waals surface area contributed by atoms with Gasteiger partial charge in [-0.1, -0.05) is 0 Å². The van der Waals surface area contributed by atoms with E-state index in [4.69, 9.17) is 69.0 Å². The first-order valence-electron chi connectivity index (χ1n) is 13.9. The van der Waals surface area contributed by atoms with E-state index in [0.717, 1.165) is 0 Å². The Morgan fingerprint density at radius 2 is 0.619 bits per heavy atom. The van der Waals surface area contributed by atoms with E-state index < -0.39 is 24.0 Å². The number of carboxylic acid groups (broad SMARTS) is 2. The van der Waals surface area contributed by atoms with Crippen molar-refractivity contribution in [1.29, 1.82) is 0 Å². The third-order valence-corrected chi connectivity index (χ3v) is 4.88. The maximum Gasteiger partial charge on any atom is 0.320 e. The van der Waals surface area contributed by atoms with E-state index in [-0.39, 0.29) is 0 Å². The average molecular weight is 619 g/mol. The molecule has 0 heterocycles. The van der Waals surface area contributed by atoms with Gasteiger partial charge in [0.05, 0.1) is 106 Å². The molecule has 2 unspecified atom stereocenters. The zero-order valence-electron chi connectivity index (χ0n) is 25.2. The molecule has 0 aliphatic carbocycles. The molecule has 0 aromatic rings. The van der Waals surface area contributed by atoms with Crippen molar-refractivity contribution in [2.75, 3.05) is 133 Å². The third kappa shape index (κ3) is 36.5. The van der Waals surface area contributed by atoms with Gasteiger partial charge in [-0.25, -0.2) is 0 Å². The Kier molecular flexibility index (Phi) is 36.2. The molecule has 0 aromatic heterocycles. The summed E-state index contributed by atoms with van der Waals surface area (Å²) in [6, 6.07) is -1.74. The molecule has 0 aromatic carbocycles. The van der Waals surface area contributed by atoms with Crippen molar-refractivity contribution in [3.63, 3.8) is 0 Å². The fourth-order valence-electron chi connectivity index (χ4n) is 2.48. The Hall–Kier alpha value is -1.54. The molecule has 42 heavy (non-hydrogen) atoms. The SMILES string of the molecule is COCCOCCOCCOCCOCCC(N)C(=O)O.COCCOCCOCCOCCOCCC(N)C(=O)O. The smallest absolute Gasteiger partial charge is 0.320 e. The van der Waals surface area contributed by atoms with Gasteiger partial charge in [0.15, 0.2) is 0 Å². The van der Waals surface area contributed by atoms with Gasteiger partial charge in [-0.15, -0.1) is 0 Å². The van der Waals surface area contributed by atoms with Crippen LogP contribution in [0.2, 0.25) is 0 Å².